The third-order valence-electron chi connectivity index (χ3n) is 4.59. The lowest BCUT2D eigenvalue weighted by atomic mass is 10.2. The van der Waals surface area contributed by atoms with Crippen molar-refractivity contribution in [2.45, 2.75) is 37.0 Å². The fourth-order valence-electron chi connectivity index (χ4n) is 2.86. The maximum Gasteiger partial charge on any atom is 0.217 e. The van der Waals surface area contributed by atoms with E-state index >= 15 is 0 Å². The maximum atomic E-state index is 12.6. The number of rotatable bonds is 6. The number of ether oxygens (including phenoxy) is 1. The number of sulfonamides is 1. The average molecular weight is 338 g/mol. The summed E-state index contributed by atoms with van der Waals surface area (Å²) in [7, 11) is -3.26. The molecule has 0 bridgehead atoms. The lowest BCUT2D eigenvalue weighted by molar-refractivity contribution is 0.0289. The summed E-state index contributed by atoms with van der Waals surface area (Å²) in [5.74, 6) is 2.03. The second-order valence-electron chi connectivity index (χ2n) is 6.57. The molecule has 4 rings (SSSR count). The van der Waals surface area contributed by atoms with Crippen molar-refractivity contribution in [2.24, 2.45) is 5.92 Å². The minimum absolute atomic E-state index is 0.223. The zero-order valence-electron chi connectivity index (χ0n) is 13.0. The number of hydrogen-bond donors (Lipinski definition) is 1. The first-order valence-corrected chi connectivity index (χ1v) is 9.80. The third-order valence-corrected chi connectivity index (χ3v) is 7.00. The lowest BCUT2D eigenvalue weighted by Crippen LogP contribution is -2.45. The molecule has 8 heteroatoms. The van der Waals surface area contributed by atoms with E-state index in [2.05, 4.69) is 15.3 Å². The van der Waals surface area contributed by atoms with Crippen LogP contribution in [0.2, 0.25) is 0 Å². The summed E-state index contributed by atoms with van der Waals surface area (Å²) in [4.78, 5) is 8.84. The zero-order valence-corrected chi connectivity index (χ0v) is 13.8. The second-order valence-corrected chi connectivity index (χ2v) is 8.74. The first-order valence-electron chi connectivity index (χ1n) is 8.30. The predicted molar refractivity (Wildman–Crippen MR) is 85.5 cm³/mol. The summed E-state index contributed by atoms with van der Waals surface area (Å²) in [5, 5.41) is 3.09. The van der Waals surface area contributed by atoms with Crippen LogP contribution in [-0.4, -0.2) is 54.2 Å². The van der Waals surface area contributed by atoms with Crippen molar-refractivity contribution in [3.63, 3.8) is 0 Å². The Kier molecular flexibility index (Phi) is 3.98. The molecule has 0 amide bonds. The molecular weight excluding hydrogens is 316 g/mol. The van der Waals surface area contributed by atoms with Crippen LogP contribution in [0, 0.1) is 5.92 Å². The van der Waals surface area contributed by atoms with Crippen molar-refractivity contribution in [1.29, 1.82) is 0 Å². The molecule has 1 atom stereocenters. The van der Waals surface area contributed by atoms with Crippen LogP contribution in [0.5, 0.6) is 0 Å². The van der Waals surface area contributed by atoms with E-state index in [1.165, 1.54) is 12.8 Å². The summed E-state index contributed by atoms with van der Waals surface area (Å²) in [6.45, 7) is 2.05. The fraction of sp³-hybridized carbons (Fsp3) is 0.733. The van der Waals surface area contributed by atoms with Gasteiger partial charge in [-0.05, 0) is 37.7 Å². The van der Waals surface area contributed by atoms with Crippen LogP contribution in [0.4, 0.5) is 5.82 Å². The Morgan fingerprint density at radius 1 is 1.30 bits per heavy atom. The summed E-state index contributed by atoms with van der Waals surface area (Å²) < 4.78 is 32.3. The Balaban J connectivity index is 1.55. The summed E-state index contributed by atoms with van der Waals surface area (Å²) in [6.07, 6.45) is 5.75. The Labute approximate surface area is 136 Å². The van der Waals surface area contributed by atoms with Gasteiger partial charge in [-0.25, -0.2) is 18.4 Å². The quantitative estimate of drug-likeness (QED) is 0.838. The number of morpholine rings is 1. The molecule has 1 saturated heterocycles. The highest BCUT2D eigenvalue weighted by molar-refractivity contribution is 7.90. The molecule has 2 saturated carbocycles. The average Bonchev–Trinajstić information content (AvgIpc) is 3.46. The Morgan fingerprint density at radius 3 is 2.87 bits per heavy atom. The lowest BCUT2D eigenvalue weighted by Gasteiger charge is -2.33. The van der Waals surface area contributed by atoms with Gasteiger partial charge in [0.05, 0.1) is 18.5 Å². The minimum atomic E-state index is -3.26. The molecule has 1 aromatic rings. The molecule has 0 radical (unpaired) electrons. The van der Waals surface area contributed by atoms with Gasteiger partial charge in [-0.3, -0.25) is 0 Å². The molecule has 7 nitrogen and oxygen atoms in total. The smallest absolute Gasteiger partial charge is 0.217 e. The highest BCUT2D eigenvalue weighted by atomic mass is 32.2. The highest BCUT2D eigenvalue weighted by Gasteiger charge is 2.45. The van der Waals surface area contributed by atoms with Crippen molar-refractivity contribution < 1.29 is 13.2 Å². The van der Waals surface area contributed by atoms with Crippen molar-refractivity contribution >= 4 is 15.8 Å². The molecule has 0 spiro atoms. The van der Waals surface area contributed by atoms with E-state index in [9.17, 15) is 8.42 Å². The number of nitrogens with zero attached hydrogens (tertiary/aromatic N) is 3. The van der Waals surface area contributed by atoms with Crippen LogP contribution >= 0.6 is 0 Å². The van der Waals surface area contributed by atoms with Crippen LogP contribution in [0.1, 0.15) is 37.5 Å². The van der Waals surface area contributed by atoms with Crippen molar-refractivity contribution in [3.05, 3.63) is 18.1 Å². The SMILES string of the molecule is O=S(=O)(C1CC1)N1CCOCC1c1nccc(NCC2CC2)n1. The van der Waals surface area contributed by atoms with Gasteiger partial charge in [0.25, 0.3) is 0 Å². The van der Waals surface area contributed by atoms with Gasteiger partial charge in [-0.1, -0.05) is 0 Å². The zero-order chi connectivity index (χ0) is 15.9. The van der Waals surface area contributed by atoms with Crippen molar-refractivity contribution in [2.75, 3.05) is 31.6 Å². The molecule has 3 aliphatic rings. The largest absolute Gasteiger partial charge is 0.378 e. The third kappa shape index (κ3) is 3.34. The normalized spacial score (nSPS) is 26.2. The molecule has 1 unspecified atom stereocenters. The fourth-order valence-corrected chi connectivity index (χ4v) is 4.81. The molecule has 0 aromatic carbocycles. The van der Waals surface area contributed by atoms with Crippen LogP contribution < -0.4 is 5.32 Å². The number of nitrogens with one attached hydrogen (secondary N) is 1. The highest BCUT2D eigenvalue weighted by Crippen LogP contribution is 2.36. The molecule has 2 heterocycles. The Hall–Kier alpha value is -1.25. The molecular formula is C15H22N4O3S. The van der Waals surface area contributed by atoms with Crippen molar-refractivity contribution in [1.82, 2.24) is 14.3 Å². The molecule has 1 aliphatic heterocycles. The van der Waals surface area contributed by atoms with Crippen LogP contribution in [-0.2, 0) is 14.8 Å². The van der Waals surface area contributed by atoms with Gasteiger partial charge in [0.15, 0.2) is 5.82 Å². The monoisotopic (exact) mass is 338 g/mol. The summed E-state index contributed by atoms with van der Waals surface area (Å²) >= 11 is 0. The number of aromatic nitrogens is 2. The first kappa shape index (κ1) is 15.3. The van der Waals surface area contributed by atoms with Gasteiger partial charge in [0, 0.05) is 19.3 Å². The maximum absolute atomic E-state index is 12.6. The molecule has 1 aromatic heterocycles. The van der Waals surface area contributed by atoms with Crippen molar-refractivity contribution in [3.8, 4) is 0 Å². The number of anilines is 1. The molecule has 2 aliphatic carbocycles. The molecule has 126 valence electrons. The van der Waals surface area contributed by atoms with E-state index < -0.39 is 16.1 Å². The van der Waals surface area contributed by atoms with Gasteiger partial charge in [0.2, 0.25) is 10.0 Å². The predicted octanol–water partition coefficient (Wildman–Crippen LogP) is 1.16. The summed E-state index contributed by atoms with van der Waals surface area (Å²) in [6, 6.07) is 1.41. The van der Waals surface area contributed by atoms with Crippen LogP contribution in [0.3, 0.4) is 0 Å². The Morgan fingerprint density at radius 2 is 2.13 bits per heavy atom. The molecule has 1 N–H and O–H groups in total. The Bertz CT molecular complexity index is 673. The van der Waals surface area contributed by atoms with Gasteiger partial charge >= 0.3 is 0 Å². The number of hydrogen-bond acceptors (Lipinski definition) is 6. The van der Waals surface area contributed by atoms with E-state index in [1.807, 2.05) is 6.07 Å². The topological polar surface area (TPSA) is 84.4 Å². The summed E-state index contributed by atoms with van der Waals surface area (Å²) in [5.41, 5.74) is 0. The first-order chi connectivity index (χ1) is 11.1. The van der Waals surface area contributed by atoms with Gasteiger partial charge in [0.1, 0.15) is 11.9 Å². The standard InChI is InChI=1S/C15H22N4O3S/c20-23(21,12-3-4-12)19-7-8-22-10-13(19)15-16-6-5-14(18-15)17-9-11-1-2-11/h5-6,11-13H,1-4,7-10H2,(H,16,17,18). The van der Waals surface area contributed by atoms with E-state index in [-0.39, 0.29) is 5.25 Å². The van der Waals surface area contributed by atoms with E-state index in [1.54, 1.807) is 10.5 Å². The van der Waals surface area contributed by atoms with Gasteiger partial charge < -0.3 is 10.1 Å². The van der Waals surface area contributed by atoms with E-state index in [4.69, 9.17) is 4.74 Å². The van der Waals surface area contributed by atoms with Crippen LogP contribution in [0.15, 0.2) is 12.3 Å². The molecule has 23 heavy (non-hydrogen) atoms. The molecule has 3 fully saturated rings. The second kappa shape index (κ2) is 5.99. The van der Waals surface area contributed by atoms with Gasteiger partial charge in [-0.15, -0.1) is 0 Å². The van der Waals surface area contributed by atoms with E-state index in [0.29, 0.717) is 25.6 Å². The van der Waals surface area contributed by atoms with E-state index in [0.717, 1.165) is 31.1 Å². The van der Waals surface area contributed by atoms with Gasteiger partial charge in [-0.2, -0.15) is 4.31 Å². The van der Waals surface area contributed by atoms with Crippen LogP contribution in [0.25, 0.3) is 0 Å². The minimum Gasteiger partial charge on any atom is -0.378 e.